The Morgan fingerprint density at radius 1 is 0.511 bits per heavy atom. The molecule has 0 saturated heterocycles. The van der Waals surface area contributed by atoms with Crippen molar-refractivity contribution in [2.75, 3.05) is 54.7 Å². The first-order valence-corrected chi connectivity index (χ1v) is 19.3. The van der Waals surface area contributed by atoms with Gasteiger partial charge in [0, 0.05) is 39.2 Å². The van der Waals surface area contributed by atoms with E-state index in [2.05, 4.69) is 52.8 Å². The van der Waals surface area contributed by atoms with Crippen molar-refractivity contribution in [3.05, 3.63) is 24.3 Å². The predicted molar refractivity (Wildman–Crippen MR) is 197 cm³/mol. The number of hydrogen-bond donors (Lipinski definition) is 0. The second-order valence-corrected chi connectivity index (χ2v) is 13.3. The van der Waals surface area contributed by atoms with Gasteiger partial charge in [-0.3, -0.25) is 9.59 Å². The van der Waals surface area contributed by atoms with Gasteiger partial charge in [-0.15, -0.1) is 0 Å². The van der Waals surface area contributed by atoms with Crippen LogP contribution in [0.2, 0.25) is 0 Å². The maximum absolute atomic E-state index is 11.1. The zero-order valence-corrected chi connectivity index (χ0v) is 31.3. The second kappa shape index (κ2) is 37.1. The van der Waals surface area contributed by atoms with E-state index in [1.807, 2.05) is 0 Å². The monoisotopic (exact) mass is 666 g/mol. The first kappa shape index (κ1) is 45.3. The number of likely N-dealkylation sites (N-methyl/N-ethyl adjacent to an activating group) is 1. The minimum atomic E-state index is -0.0962. The van der Waals surface area contributed by atoms with E-state index in [1.165, 1.54) is 91.3 Å². The zero-order chi connectivity index (χ0) is 34.5. The van der Waals surface area contributed by atoms with Gasteiger partial charge < -0.3 is 23.8 Å². The molecule has 0 amide bonds. The molecular formula is C40H75NO6. The van der Waals surface area contributed by atoms with Gasteiger partial charge in [-0.2, -0.15) is 0 Å². The number of ether oxygens (including phenoxy) is 4. The normalized spacial score (nSPS) is 12.4. The van der Waals surface area contributed by atoms with Crippen LogP contribution in [0.25, 0.3) is 0 Å². The summed E-state index contributed by atoms with van der Waals surface area (Å²) < 4.78 is 21.5. The Morgan fingerprint density at radius 3 is 1.32 bits per heavy atom. The fraction of sp³-hybridized carbons (Fsp3) is 0.850. The molecule has 0 aromatic heterocycles. The summed E-state index contributed by atoms with van der Waals surface area (Å²) in [5.41, 5.74) is 0. The maximum Gasteiger partial charge on any atom is 0.305 e. The van der Waals surface area contributed by atoms with E-state index in [1.54, 1.807) is 0 Å². The molecule has 0 aromatic carbocycles. The van der Waals surface area contributed by atoms with Crippen LogP contribution in [-0.4, -0.2) is 77.6 Å². The first-order chi connectivity index (χ1) is 23.0. The Labute approximate surface area is 290 Å². The first-order valence-electron chi connectivity index (χ1n) is 19.3. The fourth-order valence-corrected chi connectivity index (χ4v) is 5.54. The number of carbonyl (C=O) groups is 2. The van der Waals surface area contributed by atoms with E-state index >= 15 is 0 Å². The average molecular weight is 666 g/mol. The lowest BCUT2D eigenvalue weighted by Gasteiger charge is -2.21. The number of carbonyl (C=O) groups excluding carboxylic acids is 2. The highest BCUT2D eigenvalue weighted by Crippen LogP contribution is 2.12. The average Bonchev–Trinajstić information content (AvgIpc) is 3.06. The smallest absolute Gasteiger partial charge is 0.305 e. The van der Waals surface area contributed by atoms with Crippen LogP contribution < -0.4 is 0 Å². The Balaban J connectivity index is 3.54. The SMILES string of the molecule is COC(=O)CCCCC/C=C\CCCCCCCCOCCC(CN(C)C)OCCCCCCCC/C=C\CCCCCC(=O)OC. The quantitative estimate of drug-likeness (QED) is 0.0375. The molecule has 0 aliphatic heterocycles. The molecule has 0 heterocycles. The van der Waals surface area contributed by atoms with Gasteiger partial charge in [0.15, 0.2) is 0 Å². The van der Waals surface area contributed by atoms with Crippen LogP contribution in [0.1, 0.15) is 161 Å². The van der Waals surface area contributed by atoms with Gasteiger partial charge in [0.1, 0.15) is 0 Å². The van der Waals surface area contributed by atoms with Crippen LogP contribution in [0.5, 0.6) is 0 Å². The summed E-state index contributed by atoms with van der Waals surface area (Å²) in [6.07, 6.45) is 37.8. The van der Waals surface area contributed by atoms with Crippen LogP contribution in [0.15, 0.2) is 24.3 Å². The van der Waals surface area contributed by atoms with E-state index in [0.717, 1.165) is 97.0 Å². The lowest BCUT2D eigenvalue weighted by atomic mass is 10.1. The minimum absolute atomic E-state index is 0.0960. The standard InChI is InChI=1S/C40H75NO6/c1-41(2)37-38(47-35-30-26-22-18-14-10-6-8-12-16-20-24-28-32-40(43)45-4)33-36-46-34-29-25-21-17-13-9-5-7-11-15-19-23-27-31-39(42)44-3/h7-8,11-12,38H,5-6,9-10,13-37H2,1-4H3/b11-7-,12-8-. The summed E-state index contributed by atoms with van der Waals surface area (Å²) in [5.74, 6) is -0.192. The largest absolute Gasteiger partial charge is 0.469 e. The van der Waals surface area contributed by atoms with Crippen molar-refractivity contribution in [3.63, 3.8) is 0 Å². The molecule has 0 rings (SSSR count). The molecule has 47 heavy (non-hydrogen) atoms. The molecule has 0 spiro atoms. The molecule has 0 radical (unpaired) electrons. The Bertz CT molecular complexity index is 738. The topological polar surface area (TPSA) is 74.3 Å². The predicted octanol–water partition coefficient (Wildman–Crippen LogP) is 10.2. The maximum atomic E-state index is 11.1. The highest BCUT2D eigenvalue weighted by molar-refractivity contribution is 5.69. The van der Waals surface area contributed by atoms with Gasteiger partial charge in [-0.1, -0.05) is 88.5 Å². The molecule has 0 aliphatic rings. The van der Waals surface area contributed by atoms with Crippen molar-refractivity contribution in [1.82, 2.24) is 4.90 Å². The molecule has 7 nitrogen and oxygen atoms in total. The molecular weight excluding hydrogens is 590 g/mol. The summed E-state index contributed by atoms with van der Waals surface area (Å²) in [4.78, 5) is 24.4. The van der Waals surface area contributed by atoms with Gasteiger partial charge in [0.2, 0.25) is 0 Å². The molecule has 0 aromatic rings. The highest BCUT2D eigenvalue weighted by Gasteiger charge is 2.10. The molecule has 0 fully saturated rings. The van der Waals surface area contributed by atoms with Gasteiger partial charge in [0.25, 0.3) is 0 Å². The Kier molecular flexibility index (Phi) is 35.8. The van der Waals surface area contributed by atoms with Gasteiger partial charge in [-0.25, -0.2) is 0 Å². The van der Waals surface area contributed by atoms with E-state index in [9.17, 15) is 9.59 Å². The van der Waals surface area contributed by atoms with Crippen molar-refractivity contribution in [2.24, 2.45) is 0 Å². The summed E-state index contributed by atoms with van der Waals surface area (Å²) in [7, 11) is 7.15. The lowest BCUT2D eigenvalue weighted by molar-refractivity contribution is -0.141. The van der Waals surface area contributed by atoms with Gasteiger partial charge >= 0.3 is 11.9 Å². The molecule has 0 N–H and O–H groups in total. The molecule has 7 heteroatoms. The number of methoxy groups -OCH3 is 2. The number of esters is 2. The minimum Gasteiger partial charge on any atom is -0.469 e. The third-order valence-electron chi connectivity index (χ3n) is 8.47. The van der Waals surface area contributed by atoms with Crippen molar-refractivity contribution >= 4 is 11.9 Å². The van der Waals surface area contributed by atoms with Crippen LogP contribution in [0, 0.1) is 0 Å². The van der Waals surface area contributed by atoms with E-state index in [4.69, 9.17) is 9.47 Å². The number of rotatable bonds is 36. The third kappa shape index (κ3) is 37.0. The van der Waals surface area contributed by atoms with Crippen LogP contribution in [0.3, 0.4) is 0 Å². The molecule has 1 atom stereocenters. The highest BCUT2D eigenvalue weighted by atomic mass is 16.5. The third-order valence-corrected chi connectivity index (χ3v) is 8.47. The number of hydrogen-bond acceptors (Lipinski definition) is 7. The summed E-state index contributed by atoms with van der Waals surface area (Å²) in [6, 6.07) is 0. The summed E-state index contributed by atoms with van der Waals surface area (Å²) in [6.45, 7) is 3.47. The van der Waals surface area contributed by atoms with Crippen LogP contribution in [-0.2, 0) is 28.5 Å². The van der Waals surface area contributed by atoms with E-state index in [0.29, 0.717) is 12.8 Å². The van der Waals surface area contributed by atoms with E-state index in [-0.39, 0.29) is 18.0 Å². The molecule has 0 saturated carbocycles. The van der Waals surface area contributed by atoms with Gasteiger partial charge in [-0.05, 0) is 97.6 Å². The second-order valence-electron chi connectivity index (χ2n) is 13.3. The molecule has 0 bridgehead atoms. The summed E-state index contributed by atoms with van der Waals surface area (Å²) in [5, 5.41) is 0. The summed E-state index contributed by atoms with van der Waals surface area (Å²) >= 11 is 0. The number of unbranched alkanes of at least 4 members (excludes halogenated alkanes) is 18. The number of nitrogens with zero attached hydrogens (tertiary/aromatic N) is 1. The molecule has 276 valence electrons. The van der Waals surface area contributed by atoms with Crippen LogP contribution >= 0.6 is 0 Å². The zero-order valence-electron chi connectivity index (χ0n) is 31.3. The van der Waals surface area contributed by atoms with Crippen molar-refractivity contribution in [2.45, 2.75) is 167 Å². The fourth-order valence-electron chi connectivity index (χ4n) is 5.54. The lowest BCUT2D eigenvalue weighted by Crippen LogP contribution is -2.30. The van der Waals surface area contributed by atoms with E-state index < -0.39 is 0 Å². The van der Waals surface area contributed by atoms with Crippen molar-refractivity contribution < 1.29 is 28.5 Å². The number of allylic oxidation sites excluding steroid dienone is 4. The molecule has 1 unspecified atom stereocenters. The van der Waals surface area contributed by atoms with Crippen LogP contribution in [0.4, 0.5) is 0 Å². The molecule has 0 aliphatic carbocycles. The van der Waals surface area contributed by atoms with Crippen molar-refractivity contribution in [3.8, 4) is 0 Å². The van der Waals surface area contributed by atoms with Gasteiger partial charge in [0.05, 0.1) is 20.3 Å². The Morgan fingerprint density at radius 2 is 0.894 bits per heavy atom. The van der Waals surface area contributed by atoms with Crippen molar-refractivity contribution in [1.29, 1.82) is 0 Å². The Hall–Kier alpha value is -1.70.